The molecule has 2 saturated heterocycles. The summed E-state index contributed by atoms with van der Waals surface area (Å²) < 4.78 is 25.7. The van der Waals surface area contributed by atoms with Gasteiger partial charge < -0.3 is 14.7 Å². The number of halogens is 2. The highest BCUT2D eigenvalue weighted by Crippen LogP contribution is 2.29. The van der Waals surface area contributed by atoms with Crippen LogP contribution in [0.5, 0.6) is 0 Å². The third-order valence-electron chi connectivity index (χ3n) is 5.54. The zero-order chi connectivity index (χ0) is 20.9. The SMILES string of the molecule is O=C(c1ccccc1SC(F)F)N1CCN(c2cc(N3CCCCC3)ncn2)CC1. The summed E-state index contributed by atoms with van der Waals surface area (Å²) >= 11 is 0.417. The molecular formula is C21H25F2N5OS. The zero-order valence-corrected chi connectivity index (χ0v) is 17.5. The van der Waals surface area contributed by atoms with E-state index in [2.05, 4.69) is 19.8 Å². The Labute approximate surface area is 179 Å². The van der Waals surface area contributed by atoms with Gasteiger partial charge in [0.05, 0.1) is 5.56 Å². The summed E-state index contributed by atoms with van der Waals surface area (Å²) in [5, 5.41) is 0. The number of alkyl halides is 2. The first-order valence-corrected chi connectivity index (χ1v) is 11.1. The van der Waals surface area contributed by atoms with Crippen molar-refractivity contribution in [3.05, 3.63) is 42.2 Å². The van der Waals surface area contributed by atoms with E-state index in [4.69, 9.17) is 0 Å². The largest absolute Gasteiger partial charge is 0.356 e. The molecular weight excluding hydrogens is 408 g/mol. The quantitative estimate of drug-likeness (QED) is 0.670. The Bertz CT molecular complexity index is 870. The molecule has 30 heavy (non-hydrogen) atoms. The first kappa shape index (κ1) is 20.8. The van der Waals surface area contributed by atoms with Crippen molar-refractivity contribution >= 4 is 29.3 Å². The van der Waals surface area contributed by atoms with Crippen LogP contribution in [0.4, 0.5) is 20.4 Å². The lowest BCUT2D eigenvalue weighted by molar-refractivity contribution is 0.0743. The highest BCUT2D eigenvalue weighted by molar-refractivity contribution is 7.99. The van der Waals surface area contributed by atoms with E-state index in [9.17, 15) is 13.6 Å². The lowest BCUT2D eigenvalue weighted by Gasteiger charge is -2.36. The number of rotatable bonds is 5. The first-order chi connectivity index (χ1) is 14.6. The summed E-state index contributed by atoms with van der Waals surface area (Å²) in [5.74, 6) is -0.930. The number of hydrogen-bond acceptors (Lipinski definition) is 6. The van der Waals surface area contributed by atoms with Gasteiger partial charge in [0, 0.05) is 50.2 Å². The van der Waals surface area contributed by atoms with Crippen molar-refractivity contribution < 1.29 is 13.6 Å². The fourth-order valence-electron chi connectivity index (χ4n) is 3.96. The number of aromatic nitrogens is 2. The van der Waals surface area contributed by atoms with E-state index in [0.717, 1.165) is 24.7 Å². The Kier molecular flexibility index (Phi) is 6.66. The van der Waals surface area contributed by atoms with Gasteiger partial charge in [-0.3, -0.25) is 4.79 Å². The molecule has 2 aromatic rings. The molecule has 3 heterocycles. The highest BCUT2D eigenvalue weighted by Gasteiger charge is 2.25. The first-order valence-electron chi connectivity index (χ1n) is 10.3. The average Bonchev–Trinajstić information content (AvgIpc) is 2.79. The van der Waals surface area contributed by atoms with Gasteiger partial charge in [-0.05, 0) is 31.4 Å². The lowest BCUT2D eigenvalue weighted by atomic mass is 10.1. The number of hydrogen-bond donors (Lipinski definition) is 0. The molecule has 0 aliphatic carbocycles. The van der Waals surface area contributed by atoms with Crippen molar-refractivity contribution in [1.29, 1.82) is 0 Å². The van der Waals surface area contributed by atoms with Crippen LogP contribution in [0.3, 0.4) is 0 Å². The number of thioether (sulfide) groups is 1. The highest BCUT2D eigenvalue weighted by atomic mass is 32.2. The topological polar surface area (TPSA) is 52.6 Å². The molecule has 0 unspecified atom stereocenters. The van der Waals surface area contributed by atoms with Crippen molar-refractivity contribution in [1.82, 2.24) is 14.9 Å². The van der Waals surface area contributed by atoms with Crippen LogP contribution in [-0.4, -0.2) is 65.8 Å². The van der Waals surface area contributed by atoms with Gasteiger partial charge in [-0.25, -0.2) is 9.97 Å². The fourth-order valence-corrected chi connectivity index (χ4v) is 4.59. The molecule has 0 radical (unpaired) electrons. The van der Waals surface area contributed by atoms with Crippen LogP contribution in [0.15, 0.2) is 41.6 Å². The molecule has 9 heteroatoms. The summed E-state index contributed by atoms with van der Waals surface area (Å²) in [6.45, 7) is 4.38. The minimum Gasteiger partial charge on any atom is -0.356 e. The van der Waals surface area contributed by atoms with Crippen molar-refractivity contribution in [2.24, 2.45) is 0 Å². The van der Waals surface area contributed by atoms with Gasteiger partial charge >= 0.3 is 0 Å². The number of carbonyl (C=O) groups is 1. The maximum Gasteiger partial charge on any atom is 0.288 e. The van der Waals surface area contributed by atoms with Crippen molar-refractivity contribution in [2.75, 3.05) is 49.1 Å². The number of anilines is 2. The van der Waals surface area contributed by atoms with Crippen LogP contribution in [0, 0.1) is 0 Å². The summed E-state index contributed by atoms with van der Waals surface area (Å²) in [6, 6.07) is 8.60. The Hall–Kier alpha value is -2.42. The summed E-state index contributed by atoms with van der Waals surface area (Å²) in [7, 11) is 0. The lowest BCUT2D eigenvalue weighted by Crippen LogP contribution is -2.49. The molecule has 160 valence electrons. The Morgan fingerprint density at radius 1 is 0.900 bits per heavy atom. The van der Waals surface area contributed by atoms with Crippen LogP contribution in [0.1, 0.15) is 29.6 Å². The molecule has 0 N–H and O–H groups in total. The molecule has 0 saturated carbocycles. The number of piperidine rings is 1. The smallest absolute Gasteiger partial charge is 0.288 e. The third-order valence-corrected chi connectivity index (χ3v) is 6.33. The monoisotopic (exact) mass is 433 g/mol. The van der Waals surface area contributed by atoms with E-state index in [1.54, 1.807) is 35.5 Å². The van der Waals surface area contributed by atoms with Crippen molar-refractivity contribution in [3.8, 4) is 0 Å². The molecule has 1 amide bonds. The third kappa shape index (κ3) is 4.83. The molecule has 4 rings (SSSR count). The number of amides is 1. The van der Waals surface area contributed by atoms with E-state index in [1.807, 2.05) is 6.07 Å². The normalized spacial score (nSPS) is 17.5. The molecule has 1 aromatic heterocycles. The van der Waals surface area contributed by atoms with Crippen LogP contribution in [0.2, 0.25) is 0 Å². The van der Waals surface area contributed by atoms with Gasteiger partial charge in [0.15, 0.2) is 0 Å². The number of nitrogens with zero attached hydrogens (tertiary/aromatic N) is 5. The van der Waals surface area contributed by atoms with Gasteiger partial charge in [-0.2, -0.15) is 8.78 Å². The van der Waals surface area contributed by atoms with Crippen molar-refractivity contribution in [3.63, 3.8) is 0 Å². The molecule has 2 aliphatic heterocycles. The second-order valence-corrected chi connectivity index (χ2v) is 8.47. The van der Waals surface area contributed by atoms with E-state index >= 15 is 0 Å². The second kappa shape index (κ2) is 9.59. The standard InChI is InChI=1S/C21H25F2N5OS/c22-21(23)30-17-7-3-2-6-16(17)20(29)28-12-10-27(11-13-28)19-14-18(24-15-25-19)26-8-4-1-5-9-26/h2-3,6-7,14-15,21H,1,4-5,8-13H2. The van der Waals surface area contributed by atoms with Gasteiger partial charge in [0.25, 0.3) is 11.7 Å². The number of piperazine rings is 1. The van der Waals surface area contributed by atoms with Gasteiger partial charge in [-0.15, -0.1) is 0 Å². The van der Waals surface area contributed by atoms with Crippen LogP contribution >= 0.6 is 11.8 Å². The van der Waals surface area contributed by atoms with Crippen LogP contribution in [-0.2, 0) is 0 Å². The molecule has 2 aliphatic rings. The minimum atomic E-state index is -2.55. The summed E-state index contributed by atoms with van der Waals surface area (Å²) in [4.78, 5) is 28.3. The predicted molar refractivity (Wildman–Crippen MR) is 115 cm³/mol. The van der Waals surface area contributed by atoms with Crippen LogP contribution in [0.25, 0.3) is 0 Å². The van der Waals surface area contributed by atoms with Crippen molar-refractivity contribution in [2.45, 2.75) is 29.9 Å². The zero-order valence-electron chi connectivity index (χ0n) is 16.7. The van der Waals surface area contributed by atoms with Gasteiger partial charge in [-0.1, -0.05) is 23.9 Å². The summed E-state index contributed by atoms with van der Waals surface area (Å²) in [5.41, 5.74) is 0.339. The fraction of sp³-hybridized carbons (Fsp3) is 0.476. The molecule has 0 bridgehead atoms. The van der Waals surface area contributed by atoms with Crippen LogP contribution < -0.4 is 9.80 Å². The summed E-state index contributed by atoms with van der Waals surface area (Å²) in [6.07, 6.45) is 5.24. The van der Waals surface area contributed by atoms with E-state index in [1.165, 1.54) is 19.3 Å². The Balaban J connectivity index is 1.40. The van der Waals surface area contributed by atoms with E-state index in [-0.39, 0.29) is 5.91 Å². The average molecular weight is 434 g/mol. The predicted octanol–water partition coefficient (Wildman–Crippen LogP) is 3.74. The molecule has 0 spiro atoms. The maximum atomic E-state index is 12.9. The van der Waals surface area contributed by atoms with Gasteiger partial charge in [0.1, 0.15) is 18.0 Å². The van der Waals surface area contributed by atoms with E-state index in [0.29, 0.717) is 48.4 Å². The maximum absolute atomic E-state index is 12.9. The molecule has 1 aromatic carbocycles. The van der Waals surface area contributed by atoms with E-state index < -0.39 is 5.76 Å². The second-order valence-electron chi connectivity index (χ2n) is 7.44. The number of benzene rings is 1. The Morgan fingerprint density at radius 2 is 1.53 bits per heavy atom. The minimum absolute atomic E-state index is 0.199. The molecule has 6 nitrogen and oxygen atoms in total. The molecule has 2 fully saturated rings. The van der Waals surface area contributed by atoms with Gasteiger partial charge in [0.2, 0.25) is 0 Å². The Morgan fingerprint density at radius 3 is 2.20 bits per heavy atom. The molecule has 0 atom stereocenters. The number of carbonyl (C=O) groups excluding carboxylic acids is 1.